The second kappa shape index (κ2) is 8.24. The van der Waals surface area contributed by atoms with E-state index in [9.17, 15) is 9.18 Å². The van der Waals surface area contributed by atoms with Gasteiger partial charge in [0.2, 0.25) is 0 Å². The van der Waals surface area contributed by atoms with Crippen molar-refractivity contribution in [2.45, 2.75) is 6.61 Å². The summed E-state index contributed by atoms with van der Waals surface area (Å²) in [5.41, 5.74) is 2.75. The molecule has 152 valence electrons. The Morgan fingerprint density at radius 3 is 2.60 bits per heavy atom. The molecule has 0 aliphatic carbocycles. The van der Waals surface area contributed by atoms with Crippen LogP contribution in [0.25, 0.3) is 10.9 Å². The fourth-order valence-corrected chi connectivity index (χ4v) is 3.05. The SMILES string of the molecule is CN(C)c1ccc(C(=O)Nc2n[nH]c3cc(OCc4ccccc4F)ccc23)cc1. The molecule has 2 N–H and O–H groups in total. The van der Waals surface area contributed by atoms with Crippen molar-refractivity contribution < 1.29 is 13.9 Å². The second-order valence-corrected chi connectivity index (χ2v) is 7.06. The average molecular weight is 404 g/mol. The minimum absolute atomic E-state index is 0.124. The van der Waals surface area contributed by atoms with Crippen molar-refractivity contribution in [3.05, 3.63) is 83.7 Å². The third kappa shape index (κ3) is 4.10. The summed E-state index contributed by atoms with van der Waals surface area (Å²) in [7, 11) is 3.89. The summed E-state index contributed by atoms with van der Waals surface area (Å²) >= 11 is 0. The lowest BCUT2D eigenvalue weighted by atomic mass is 10.2. The fraction of sp³-hybridized carbons (Fsp3) is 0.130. The molecule has 0 aliphatic rings. The number of benzene rings is 3. The Morgan fingerprint density at radius 1 is 1.10 bits per heavy atom. The van der Waals surface area contributed by atoms with Crippen molar-refractivity contribution in [2.75, 3.05) is 24.3 Å². The standard InChI is InChI=1S/C23H21FN4O2/c1-28(2)17-9-7-15(8-10-17)23(29)25-22-19-12-11-18(13-21(19)26-27-22)30-14-16-5-3-4-6-20(16)24/h3-13H,14H2,1-2H3,(H2,25,26,27,29). The van der Waals surface area contributed by atoms with Crippen LogP contribution in [0, 0.1) is 5.82 Å². The summed E-state index contributed by atoms with van der Waals surface area (Å²) in [5, 5.41) is 10.7. The predicted octanol–water partition coefficient (Wildman–Crippen LogP) is 4.60. The molecule has 1 heterocycles. The minimum atomic E-state index is -0.302. The lowest BCUT2D eigenvalue weighted by Crippen LogP contribution is -2.13. The van der Waals surface area contributed by atoms with Gasteiger partial charge in [0, 0.05) is 42.4 Å². The Balaban J connectivity index is 1.47. The normalized spacial score (nSPS) is 10.8. The Kier molecular flexibility index (Phi) is 5.34. The van der Waals surface area contributed by atoms with Gasteiger partial charge in [0.15, 0.2) is 5.82 Å². The summed E-state index contributed by atoms with van der Waals surface area (Å²) < 4.78 is 19.4. The molecule has 6 nitrogen and oxygen atoms in total. The van der Waals surface area contributed by atoms with Gasteiger partial charge in [-0.2, -0.15) is 5.10 Å². The summed E-state index contributed by atoms with van der Waals surface area (Å²) in [5.74, 6) is 0.469. The third-order valence-electron chi connectivity index (χ3n) is 4.76. The number of fused-ring (bicyclic) bond motifs is 1. The second-order valence-electron chi connectivity index (χ2n) is 7.06. The van der Waals surface area contributed by atoms with Crippen molar-refractivity contribution in [1.29, 1.82) is 0 Å². The predicted molar refractivity (Wildman–Crippen MR) is 116 cm³/mol. The summed E-state index contributed by atoms with van der Waals surface area (Å²) in [6.07, 6.45) is 0. The van der Waals surface area contributed by atoms with Gasteiger partial charge in [-0.05, 0) is 42.5 Å². The Labute approximate surface area is 173 Å². The monoisotopic (exact) mass is 404 g/mol. The highest BCUT2D eigenvalue weighted by atomic mass is 19.1. The van der Waals surface area contributed by atoms with Gasteiger partial charge in [0.25, 0.3) is 5.91 Å². The molecule has 30 heavy (non-hydrogen) atoms. The molecule has 0 saturated carbocycles. The average Bonchev–Trinajstić information content (AvgIpc) is 3.15. The van der Waals surface area contributed by atoms with Crippen LogP contribution in [0.1, 0.15) is 15.9 Å². The number of aromatic nitrogens is 2. The van der Waals surface area contributed by atoms with Crippen LogP contribution in [0.5, 0.6) is 5.75 Å². The molecule has 0 aliphatic heterocycles. The first-order valence-corrected chi connectivity index (χ1v) is 9.44. The maximum absolute atomic E-state index is 13.7. The van der Waals surface area contributed by atoms with Gasteiger partial charge in [0.05, 0.1) is 5.52 Å². The Bertz CT molecular complexity index is 1190. The number of nitrogens with one attached hydrogen (secondary N) is 2. The molecule has 0 radical (unpaired) electrons. The zero-order valence-electron chi connectivity index (χ0n) is 16.6. The van der Waals surface area contributed by atoms with Gasteiger partial charge in [-0.15, -0.1) is 0 Å². The number of hydrogen-bond acceptors (Lipinski definition) is 4. The van der Waals surface area contributed by atoms with Crippen LogP contribution >= 0.6 is 0 Å². The Morgan fingerprint density at radius 2 is 1.87 bits per heavy atom. The van der Waals surface area contributed by atoms with E-state index in [0.717, 1.165) is 11.1 Å². The number of amides is 1. The Hall–Kier alpha value is -3.87. The van der Waals surface area contributed by atoms with E-state index in [0.29, 0.717) is 28.2 Å². The van der Waals surface area contributed by atoms with Crippen molar-refractivity contribution in [3.8, 4) is 5.75 Å². The number of H-pyrrole nitrogens is 1. The lowest BCUT2D eigenvalue weighted by Gasteiger charge is -2.12. The highest BCUT2D eigenvalue weighted by Crippen LogP contribution is 2.26. The summed E-state index contributed by atoms with van der Waals surface area (Å²) in [6, 6.07) is 19.1. The number of ether oxygens (including phenoxy) is 1. The molecule has 0 bridgehead atoms. The van der Waals surface area contributed by atoms with E-state index < -0.39 is 0 Å². The molecule has 3 aromatic carbocycles. The molecular formula is C23H21FN4O2. The topological polar surface area (TPSA) is 70.2 Å². The van der Waals surface area contributed by atoms with E-state index in [1.165, 1.54) is 6.07 Å². The van der Waals surface area contributed by atoms with E-state index in [-0.39, 0.29) is 18.3 Å². The van der Waals surface area contributed by atoms with Crippen LogP contribution in [-0.4, -0.2) is 30.2 Å². The first-order valence-electron chi connectivity index (χ1n) is 9.44. The third-order valence-corrected chi connectivity index (χ3v) is 4.76. The molecule has 0 fully saturated rings. The molecule has 0 atom stereocenters. The molecule has 1 aromatic heterocycles. The first-order chi connectivity index (χ1) is 14.5. The highest BCUT2D eigenvalue weighted by Gasteiger charge is 2.12. The van der Waals surface area contributed by atoms with Gasteiger partial charge in [-0.25, -0.2) is 4.39 Å². The van der Waals surface area contributed by atoms with Gasteiger partial charge in [-0.1, -0.05) is 18.2 Å². The zero-order valence-corrected chi connectivity index (χ0v) is 16.6. The van der Waals surface area contributed by atoms with Crippen molar-refractivity contribution in [1.82, 2.24) is 10.2 Å². The van der Waals surface area contributed by atoms with Crippen LogP contribution < -0.4 is 15.0 Å². The lowest BCUT2D eigenvalue weighted by molar-refractivity contribution is 0.102. The quantitative estimate of drug-likeness (QED) is 0.493. The molecule has 0 spiro atoms. The van der Waals surface area contributed by atoms with Crippen molar-refractivity contribution in [2.24, 2.45) is 0 Å². The molecule has 4 aromatic rings. The van der Waals surface area contributed by atoms with Crippen molar-refractivity contribution in [3.63, 3.8) is 0 Å². The van der Waals surface area contributed by atoms with Crippen molar-refractivity contribution >= 4 is 28.3 Å². The summed E-state index contributed by atoms with van der Waals surface area (Å²) in [4.78, 5) is 14.5. The minimum Gasteiger partial charge on any atom is -0.489 e. The fourth-order valence-electron chi connectivity index (χ4n) is 3.05. The van der Waals surface area contributed by atoms with Gasteiger partial charge < -0.3 is 15.0 Å². The first kappa shape index (κ1) is 19.4. The number of hydrogen-bond donors (Lipinski definition) is 2. The van der Waals surface area contributed by atoms with Crippen LogP contribution in [-0.2, 0) is 6.61 Å². The van der Waals surface area contributed by atoms with E-state index in [1.807, 2.05) is 31.1 Å². The maximum atomic E-state index is 13.7. The van der Waals surface area contributed by atoms with Crippen LogP contribution in [0.4, 0.5) is 15.9 Å². The number of halogens is 1. The molecule has 7 heteroatoms. The van der Waals surface area contributed by atoms with E-state index >= 15 is 0 Å². The summed E-state index contributed by atoms with van der Waals surface area (Å²) in [6.45, 7) is 0.124. The number of aromatic amines is 1. The number of carbonyl (C=O) groups is 1. The number of nitrogens with zero attached hydrogens (tertiary/aromatic N) is 2. The van der Waals surface area contributed by atoms with Gasteiger partial charge in [-0.3, -0.25) is 9.89 Å². The molecule has 0 unspecified atom stereocenters. The number of rotatable bonds is 6. The highest BCUT2D eigenvalue weighted by molar-refractivity contribution is 6.08. The largest absolute Gasteiger partial charge is 0.489 e. The van der Waals surface area contributed by atoms with Crippen LogP contribution in [0.15, 0.2) is 66.7 Å². The molecule has 0 saturated heterocycles. The van der Waals surface area contributed by atoms with Gasteiger partial charge in [0.1, 0.15) is 18.2 Å². The van der Waals surface area contributed by atoms with E-state index in [2.05, 4.69) is 15.5 Å². The smallest absolute Gasteiger partial charge is 0.256 e. The number of carbonyl (C=O) groups excluding carboxylic acids is 1. The maximum Gasteiger partial charge on any atom is 0.256 e. The molecular weight excluding hydrogens is 383 g/mol. The van der Waals surface area contributed by atoms with Crippen LogP contribution in [0.2, 0.25) is 0 Å². The molecule has 4 rings (SSSR count). The van der Waals surface area contributed by atoms with E-state index in [4.69, 9.17) is 4.74 Å². The zero-order chi connectivity index (χ0) is 21.1. The van der Waals surface area contributed by atoms with Crippen LogP contribution in [0.3, 0.4) is 0 Å². The number of anilines is 2. The van der Waals surface area contributed by atoms with Gasteiger partial charge >= 0.3 is 0 Å². The van der Waals surface area contributed by atoms with E-state index in [1.54, 1.807) is 48.5 Å². The molecule has 1 amide bonds.